The first kappa shape index (κ1) is 20.7. The van der Waals surface area contributed by atoms with Crippen LogP contribution in [0.15, 0.2) is 136 Å². The Morgan fingerprint density at radius 2 is 0.897 bits per heavy atom. The number of fused-ring (bicyclic) bond motifs is 9. The Bertz CT molecular complexity index is 2350. The summed E-state index contributed by atoms with van der Waals surface area (Å²) in [6.45, 7) is 0. The second-order valence-corrected chi connectivity index (χ2v) is 10.1. The van der Waals surface area contributed by atoms with Gasteiger partial charge in [0, 0.05) is 49.1 Å². The Labute approximate surface area is 223 Å². The Morgan fingerprint density at radius 1 is 0.385 bits per heavy atom. The van der Waals surface area contributed by atoms with E-state index in [1.54, 1.807) is 0 Å². The number of hydrogen-bond acceptors (Lipinski definition) is 2. The molecule has 0 bridgehead atoms. The highest BCUT2D eigenvalue weighted by molar-refractivity contribution is 6.16. The highest BCUT2D eigenvalue weighted by atomic mass is 16.3. The zero-order chi connectivity index (χ0) is 25.5. The molecular weight excluding hydrogens is 478 g/mol. The number of hydrogen-bond donors (Lipinski definition) is 0. The van der Waals surface area contributed by atoms with E-state index in [1.165, 1.54) is 21.8 Å². The maximum atomic E-state index is 6.56. The van der Waals surface area contributed by atoms with Gasteiger partial charge in [-0.2, -0.15) is 0 Å². The normalized spacial score (nSPS) is 12.1. The first-order valence-corrected chi connectivity index (χ1v) is 13.2. The van der Waals surface area contributed by atoms with Crippen LogP contribution in [-0.2, 0) is 0 Å². The third-order valence-corrected chi connectivity index (χ3v) is 8.00. The van der Waals surface area contributed by atoms with Crippen molar-refractivity contribution < 1.29 is 8.83 Å². The molecule has 3 nitrogen and oxygen atoms in total. The Kier molecular flexibility index (Phi) is 4.05. The lowest BCUT2D eigenvalue weighted by Crippen LogP contribution is -1.95. The summed E-state index contributed by atoms with van der Waals surface area (Å²) < 4.78 is 15.4. The van der Waals surface area contributed by atoms with Gasteiger partial charge in [0.2, 0.25) is 0 Å². The molecule has 3 heterocycles. The molecule has 3 heteroatoms. The van der Waals surface area contributed by atoms with Gasteiger partial charge in [0.05, 0.1) is 11.0 Å². The zero-order valence-corrected chi connectivity index (χ0v) is 20.9. The van der Waals surface area contributed by atoms with Gasteiger partial charge in [-0.1, -0.05) is 91.0 Å². The van der Waals surface area contributed by atoms with Crippen molar-refractivity contribution in [1.82, 2.24) is 4.57 Å². The van der Waals surface area contributed by atoms with Crippen LogP contribution >= 0.6 is 0 Å². The fourth-order valence-corrected chi connectivity index (χ4v) is 6.30. The maximum Gasteiger partial charge on any atom is 0.143 e. The van der Waals surface area contributed by atoms with Crippen molar-refractivity contribution in [3.63, 3.8) is 0 Å². The average molecular weight is 500 g/mol. The van der Waals surface area contributed by atoms with Crippen LogP contribution in [0.4, 0.5) is 0 Å². The van der Waals surface area contributed by atoms with Crippen molar-refractivity contribution in [2.24, 2.45) is 0 Å². The topological polar surface area (TPSA) is 31.2 Å². The Balaban J connectivity index is 1.46. The van der Waals surface area contributed by atoms with Gasteiger partial charge in [-0.15, -0.1) is 0 Å². The Hall–Kier alpha value is -5.28. The van der Waals surface area contributed by atoms with E-state index >= 15 is 0 Å². The SMILES string of the molecule is c1ccc2c(c1)oc1c(-c3cc(-n4c5ccccc5c5ccccc54)cc4c3oc3ccccc34)cccc12. The van der Waals surface area contributed by atoms with Gasteiger partial charge in [-0.25, -0.2) is 0 Å². The van der Waals surface area contributed by atoms with Crippen molar-refractivity contribution in [2.75, 3.05) is 0 Å². The third-order valence-electron chi connectivity index (χ3n) is 8.00. The molecule has 182 valence electrons. The summed E-state index contributed by atoms with van der Waals surface area (Å²) in [4.78, 5) is 0. The number of rotatable bonds is 2. The van der Waals surface area contributed by atoms with Gasteiger partial charge in [-0.05, 0) is 36.4 Å². The molecule has 39 heavy (non-hydrogen) atoms. The maximum absolute atomic E-state index is 6.56. The lowest BCUT2D eigenvalue weighted by atomic mass is 9.99. The summed E-state index contributed by atoms with van der Waals surface area (Å²) in [7, 11) is 0. The minimum atomic E-state index is 0.869. The van der Waals surface area contributed by atoms with Crippen LogP contribution in [-0.4, -0.2) is 4.57 Å². The highest BCUT2D eigenvalue weighted by Gasteiger charge is 2.20. The first-order valence-electron chi connectivity index (χ1n) is 13.2. The summed E-state index contributed by atoms with van der Waals surface area (Å²) in [5, 5.41) is 6.90. The van der Waals surface area contributed by atoms with Crippen LogP contribution < -0.4 is 0 Å². The van der Waals surface area contributed by atoms with Crippen LogP contribution in [0, 0.1) is 0 Å². The van der Waals surface area contributed by atoms with E-state index in [2.05, 4.69) is 108 Å². The molecule has 0 amide bonds. The fraction of sp³-hybridized carbons (Fsp3) is 0. The number of nitrogens with zero attached hydrogens (tertiary/aromatic N) is 1. The van der Waals surface area contributed by atoms with Crippen LogP contribution in [0.25, 0.3) is 82.5 Å². The molecular formula is C36H21NO2. The van der Waals surface area contributed by atoms with Crippen LogP contribution in [0.1, 0.15) is 0 Å². The number of aromatic nitrogens is 1. The van der Waals surface area contributed by atoms with E-state index in [0.29, 0.717) is 0 Å². The minimum absolute atomic E-state index is 0.869. The van der Waals surface area contributed by atoms with E-state index in [0.717, 1.165) is 60.7 Å². The number of para-hydroxylation sites is 5. The summed E-state index contributed by atoms with van der Waals surface area (Å²) in [6, 6.07) is 44.7. The molecule has 0 fully saturated rings. The molecule has 0 spiro atoms. The predicted molar refractivity (Wildman–Crippen MR) is 161 cm³/mol. The number of benzene rings is 6. The summed E-state index contributed by atoms with van der Waals surface area (Å²) in [6.07, 6.45) is 0. The second kappa shape index (κ2) is 7.62. The summed E-state index contributed by atoms with van der Waals surface area (Å²) in [5.74, 6) is 0. The molecule has 0 aliphatic rings. The van der Waals surface area contributed by atoms with Crippen molar-refractivity contribution in [1.29, 1.82) is 0 Å². The van der Waals surface area contributed by atoms with Crippen molar-refractivity contribution in [2.45, 2.75) is 0 Å². The fourth-order valence-electron chi connectivity index (χ4n) is 6.30. The van der Waals surface area contributed by atoms with E-state index in [4.69, 9.17) is 8.83 Å². The molecule has 0 aliphatic carbocycles. The molecule has 9 aromatic rings. The van der Waals surface area contributed by atoms with Gasteiger partial charge in [0.25, 0.3) is 0 Å². The van der Waals surface area contributed by atoms with Crippen molar-refractivity contribution in [3.8, 4) is 16.8 Å². The average Bonchev–Trinajstić information content (AvgIpc) is 3.66. The van der Waals surface area contributed by atoms with Gasteiger partial charge in [0.1, 0.15) is 22.3 Å². The van der Waals surface area contributed by atoms with Gasteiger partial charge in [-0.3, -0.25) is 0 Å². The van der Waals surface area contributed by atoms with Gasteiger partial charge in [0.15, 0.2) is 0 Å². The second-order valence-electron chi connectivity index (χ2n) is 10.1. The van der Waals surface area contributed by atoms with Crippen molar-refractivity contribution in [3.05, 3.63) is 127 Å². The van der Waals surface area contributed by atoms with Gasteiger partial charge < -0.3 is 13.4 Å². The molecule has 0 atom stereocenters. The lowest BCUT2D eigenvalue weighted by Gasteiger charge is -2.12. The van der Waals surface area contributed by atoms with Crippen molar-refractivity contribution >= 4 is 65.7 Å². The molecule has 0 saturated carbocycles. The molecule has 0 aliphatic heterocycles. The molecule has 0 radical (unpaired) electrons. The van der Waals surface area contributed by atoms with E-state index in [1.807, 2.05) is 24.3 Å². The summed E-state index contributed by atoms with van der Waals surface area (Å²) in [5.41, 5.74) is 9.01. The largest absolute Gasteiger partial charge is 0.455 e. The van der Waals surface area contributed by atoms with Crippen LogP contribution in [0.2, 0.25) is 0 Å². The van der Waals surface area contributed by atoms with Crippen LogP contribution in [0.5, 0.6) is 0 Å². The Morgan fingerprint density at radius 3 is 1.56 bits per heavy atom. The quantitative estimate of drug-likeness (QED) is 0.237. The smallest absolute Gasteiger partial charge is 0.143 e. The van der Waals surface area contributed by atoms with Gasteiger partial charge >= 0.3 is 0 Å². The standard InChI is InChI=1S/C36H21NO2/c1-5-16-31-23(10-1)24-11-2-6-17-32(24)37(31)22-20-29-26-13-4-8-19-34(26)39-36(29)30(21-22)28-15-9-14-27-25-12-3-7-18-33(25)38-35(27)28/h1-21H. The molecule has 9 rings (SSSR count). The van der Waals surface area contributed by atoms with Crippen LogP contribution in [0.3, 0.4) is 0 Å². The molecule has 0 saturated heterocycles. The molecule has 6 aromatic carbocycles. The lowest BCUT2D eigenvalue weighted by molar-refractivity contribution is 0.665. The van der Waals surface area contributed by atoms with E-state index < -0.39 is 0 Å². The third kappa shape index (κ3) is 2.82. The molecule has 0 unspecified atom stereocenters. The minimum Gasteiger partial charge on any atom is -0.455 e. The monoisotopic (exact) mass is 499 g/mol. The first-order chi connectivity index (χ1) is 19.3. The molecule has 3 aromatic heterocycles. The number of furan rings is 2. The molecule has 0 N–H and O–H groups in total. The highest BCUT2D eigenvalue weighted by Crippen LogP contribution is 2.43. The zero-order valence-electron chi connectivity index (χ0n) is 20.9. The van der Waals surface area contributed by atoms with E-state index in [9.17, 15) is 0 Å². The van der Waals surface area contributed by atoms with E-state index in [-0.39, 0.29) is 0 Å². The predicted octanol–water partition coefficient (Wildman–Crippen LogP) is 10.2. The summed E-state index contributed by atoms with van der Waals surface area (Å²) >= 11 is 0.